The van der Waals surface area contributed by atoms with Crippen molar-refractivity contribution in [2.75, 3.05) is 0 Å². The molecular formula is C9H11NO2. The first-order valence-corrected chi connectivity index (χ1v) is 3.71. The minimum atomic E-state index is -0.752. The van der Waals surface area contributed by atoms with Gasteiger partial charge in [0, 0.05) is 5.56 Å². The van der Waals surface area contributed by atoms with Crippen molar-refractivity contribution < 1.29 is 10.3 Å². The van der Waals surface area contributed by atoms with Crippen LogP contribution in [0.3, 0.4) is 0 Å². The molecule has 2 N–H and O–H groups in total. The van der Waals surface area contributed by atoms with Crippen molar-refractivity contribution in [1.29, 1.82) is 0 Å². The first-order valence-electron chi connectivity index (χ1n) is 3.71. The van der Waals surface area contributed by atoms with E-state index in [0.29, 0.717) is 0 Å². The first-order chi connectivity index (χ1) is 5.75. The van der Waals surface area contributed by atoms with Crippen LogP contribution in [0.25, 0.3) is 0 Å². The van der Waals surface area contributed by atoms with E-state index >= 15 is 0 Å². The molecule has 3 nitrogen and oxygen atoms in total. The molecule has 0 aliphatic rings. The van der Waals surface area contributed by atoms with Gasteiger partial charge in [0.25, 0.3) is 0 Å². The molecule has 0 fully saturated rings. The van der Waals surface area contributed by atoms with Crippen LogP contribution in [0, 0.1) is 0 Å². The fraction of sp³-hybridized carbons (Fsp3) is 0.222. The van der Waals surface area contributed by atoms with Crippen molar-refractivity contribution in [3.05, 3.63) is 35.9 Å². The topological polar surface area (TPSA) is 52.8 Å². The van der Waals surface area contributed by atoms with E-state index in [9.17, 15) is 5.11 Å². The number of benzene rings is 1. The summed E-state index contributed by atoms with van der Waals surface area (Å²) >= 11 is 0. The zero-order valence-electron chi connectivity index (χ0n) is 6.81. The predicted molar refractivity (Wildman–Crippen MR) is 46.4 cm³/mol. The third-order valence-electron chi connectivity index (χ3n) is 1.57. The van der Waals surface area contributed by atoms with Gasteiger partial charge in [0.2, 0.25) is 0 Å². The van der Waals surface area contributed by atoms with Crippen molar-refractivity contribution in [3.8, 4) is 0 Å². The zero-order valence-corrected chi connectivity index (χ0v) is 6.81. The molecule has 1 atom stereocenters. The normalized spacial score (nSPS) is 14.3. The Bertz CT molecular complexity index is 267. The van der Waals surface area contributed by atoms with Crippen molar-refractivity contribution in [3.63, 3.8) is 0 Å². The second-order valence-electron chi connectivity index (χ2n) is 2.53. The number of hydrogen-bond acceptors (Lipinski definition) is 3. The van der Waals surface area contributed by atoms with Crippen LogP contribution < -0.4 is 0 Å². The lowest BCUT2D eigenvalue weighted by Gasteiger charge is -2.05. The van der Waals surface area contributed by atoms with Crippen molar-refractivity contribution in [1.82, 2.24) is 0 Å². The SMILES string of the molecule is C[C@@H](O)/C(=N\O)c1ccccc1. The van der Waals surface area contributed by atoms with Gasteiger partial charge in [-0.2, -0.15) is 0 Å². The summed E-state index contributed by atoms with van der Waals surface area (Å²) in [5, 5.41) is 20.8. The van der Waals surface area contributed by atoms with E-state index < -0.39 is 6.10 Å². The van der Waals surface area contributed by atoms with Gasteiger partial charge in [-0.3, -0.25) is 0 Å². The quantitative estimate of drug-likeness (QED) is 0.393. The number of oxime groups is 1. The highest BCUT2D eigenvalue weighted by Gasteiger charge is 2.08. The largest absolute Gasteiger partial charge is 0.411 e. The van der Waals surface area contributed by atoms with Crippen LogP contribution in [0.5, 0.6) is 0 Å². The molecule has 1 aromatic carbocycles. The summed E-state index contributed by atoms with van der Waals surface area (Å²) in [6.45, 7) is 1.56. The third-order valence-corrected chi connectivity index (χ3v) is 1.57. The highest BCUT2D eigenvalue weighted by Crippen LogP contribution is 2.03. The van der Waals surface area contributed by atoms with Crippen molar-refractivity contribution in [2.45, 2.75) is 13.0 Å². The molecule has 0 aliphatic heterocycles. The molecule has 0 aromatic heterocycles. The van der Waals surface area contributed by atoms with Crippen LogP contribution in [-0.2, 0) is 0 Å². The molecule has 0 saturated heterocycles. The highest BCUT2D eigenvalue weighted by molar-refractivity contribution is 6.02. The van der Waals surface area contributed by atoms with Crippen LogP contribution in [0.15, 0.2) is 35.5 Å². The molecule has 3 heteroatoms. The third kappa shape index (κ3) is 1.83. The van der Waals surface area contributed by atoms with Crippen LogP contribution in [0.1, 0.15) is 12.5 Å². The highest BCUT2D eigenvalue weighted by atomic mass is 16.4. The molecule has 64 valence electrons. The number of hydrogen-bond donors (Lipinski definition) is 2. The fourth-order valence-electron chi connectivity index (χ4n) is 0.991. The fourth-order valence-corrected chi connectivity index (χ4v) is 0.991. The minimum absolute atomic E-state index is 0.288. The van der Waals surface area contributed by atoms with Gasteiger partial charge in [0.15, 0.2) is 0 Å². The van der Waals surface area contributed by atoms with E-state index in [1.165, 1.54) is 0 Å². The predicted octanol–water partition coefficient (Wildman–Crippen LogP) is 1.25. The van der Waals surface area contributed by atoms with E-state index in [1.54, 1.807) is 19.1 Å². The standard InChI is InChI=1S/C9H11NO2/c1-7(11)9(10-12)8-5-3-2-4-6-8/h2-7,11-12H,1H3/b10-9+/t7-/m1/s1. The maximum absolute atomic E-state index is 9.17. The number of nitrogens with zero attached hydrogens (tertiary/aromatic N) is 1. The molecule has 1 rings (SSSR count). The Morgan fingerprint density at radius 1 is 1.33 bits per heavy atom. The average molecular weight is 165 g/mol. The van der Waals surface area contributed by atoms with Gasteiger partial charge in [-0.1, -0.05) is 35.5 Å². The van der Waals surface area contributed by atoms with E-state index in [-0.39, 0.29) is 5.71 Å². The Morgan fingerprint density at radius 3 is 2.33 bits per heavy atom. The Morgan fingerprint density at radius 2 is 1.92 bits per heavy atom. The molecule has 0 saturated carbocycles. The molecule has 0 heterocycles. The van der Waals surface area contributed by atoms with Crippen LogP contribution in [0.4, 0.5) is 0 Å². The summed E-state index contributed by atoms with van der Waals surface area (Å²) < 4.78 is 0. The minimum Gasteiger partial charge on any atom is -0.411 e. The van der Waals surface area contributed by atoms with Crippen molar-refractivity contribution in [2.24, 2.45) is 5.16 Å². The maximum atomic E-state index is 9.17. The van der Waals surface area contributed by atoms with Crippen LogP contribution >= 0.6 is 0 Å². The summed E-state index contributed by atoms with van der Waals surface area (Å²) in [5.41, 5.74) is 1.02. The van der Waals surface area contributed by atoms with Crippen molar-refractivity contribution >= 4 is 5.71 Å². The zero-order chi connectivity index (χ0) is 8.97. The Kier molecular flexibility index (Phi) is 2.82. The smallest absolute Gasteiger partial charge is 0.115 e. The number of rotatable bonds is 2. The summed E-state index contributed by atoms with van der Waals surface area (Å²) in [7, 11) is 0. The lowest BCUT2D eigenvalue weighted by Crippen LogP contribution is -2.17. The van der Waals surface area contributed by atoms with Gasteiger partial charge in [-0.05, 0) is 6.92 Å². The second kappa shape index (κ2) is 3.88. The lowest BCUT2D eigenvalue weighted by molar-refractivity contribution is 0.248. The van der Waals surface area contributed by atoms with Gasteiger partial charge in [0.1, 0.15) is 5.71 Å². The van der Waals surface area contributed by atoms with E-state index in [4.69, 9.17) is 5.21 Å². The molecule has 1 aromatic rings. The Labute approximate surface area is 71.0 Å². The Balaban J connectivity index is 2.97. The maximum Gasteiger partial charge on any atom is 0.115 e. The molecule has 12 heavy (non-hydrogen) atoms. The molecule has 0 radical (unpaired) electrons. The molecular weight excluding hydrogens is 154 g/mol. The van der Waals surface area contributed by atoms with Gasteiger partial charge in [-0.25, -0.2) is 0 Å². The molecule has 0 unspecified atom stereocenters. The van der Waals surface area contributed by atoms with Crippen LogP contribution in [0.2, 0.25) is 0 Å². The lowest BCUT2D eigenvalue weighted by atomic mass is 10.1. The van der Waals surface area contributed by atoms with Gasteiger partial charge >= 0.3 is 0 Å². The molecule has 0 amide bonds. The Hall–Kier alpha value is -1.35. The average Bonchev–Trinajstić information content (AvgIpc) is 2.07. The second-order valence-corrected chi connectivity index (χ2v) is 2.53. The van der Waals surface area contributed by atoms with E-state index in [0.717, 1.165) is 5.56 Å². The summed E-state index contributed by atoms with van der Waals surface area (Å²) in [6.07, 6.45) is -0.752. The summed E-state index contributed by atoms with van der Waals surface area (Å²) in [4.78, 5) is 0. The van der Waals surface area contributed by atoms with Crippen LogP contribution in [-0.4, -0.2) is 22.1 Å². The number of aliphatic hydroxyl groups excluding tert-OH is 1. The van der Waals surface area contributed by atoms with Gasteiger partial charge < -0.3 is 10.3 Å². The molecule has 0 aliphatic carbocycles. The van der Waals surface area contributed by atoms with E-state index in [1.807, 2.05) is 18.2 Å². The summed E-state index contributed by atoms with van der Waals surface area (Å²) in [5.74, 6) is 0. The monoisotopic (exact) mass is 165 g/mol. The van der Waals surface area contributed by atoms with E-state index in [2.05, 4.69) is 5.16 Å². The summed E-state index contributed by atoms with van der Waals surface area (Å²) in [6, 6.07) is 9.07. The molecule has 0 spiro atoms. The molecule has 0 bridgehead atoms. The first kappa shape index (κ1) is 8.74. The number of aliphatic hydroxyl groups is 1. The van der Waals surface area contributed by atoms with Gasteiger partial charge in [0.05, 0.1) is 6.10 Å². The van der Waals surface area contributed by atoms with Gasteiger partial charge in [-0.15, -0.1) is 0 Å².